The maximum atomic E-state index is 11.9. The molecule has 24 heavy (non-hydrogen) atoms. The molecule has 0 bridgehead atoms. The smallest absolute Gasteiger partial charge is 0.234 e. The number of carbonyl (C=O) groups is 1. The highest BCUT2D eigenvalue weighted by molar-refractivity contribution is 5.77. The van der Waals surface area contributed by atoms with Crippen LogP contribution in [-0.2, 0) is 4.79 Å². The molecular weight excluding hydrogens is 302 g/mol. The lowest BCUT2D eigenvalue weighted by Gasteiger charge is -2.32. The fourth-order valence-electron chi connectivity index (χ4n) is 3.79. The Morgan fingerprint density at radius 3 is 2.79 bits per heavy atom. The monoisotopic (exact) mass is 331 g/mol. The number of amides is 1. The van der Waals surface area contributed by atoms with E-state index in [0.717, 1.165) is 56.4 Å². The van der Waals surface area contributed by atoms with E-state index >= 15 is 0 Å². The van der Waals surface area contributed by atoms with E-state index in [1.165, 1.54) is 12.8 Å². The van der Waals surface area contributed by atoms with Gasteiger partial charge in [0.1, 0.15) is 11.6 Å². The van der Waals surface area contributed by atoms with E-state index in [1.54, 1.807) is 0 Å². The Hall–Kier alpha value is -1.69. The van der Waals surface area contributed by atoms with Gasteiger partial charge in [0.15, 0.2) is 0 Å². The van der Waals surface area contributed by atoms with E-state index in [1.807, 2.05) is 13.8 Å². The number of nitrogens with one attached hydrogen (secondary N) is 1. The van der Waals surface area contributed by atoms with Gasteiger partial charge in [0, 0.05) is 38.2 Å². The van der Waals surface area contributed by atoms with E-state index in [9.17, 15) is 4.79 Å². The molecule has 2 aliphatic rings. The molecule has 2 aliphatic heterocycles. The molecule has 1 atom stereocenters. The number of piperidine rings is 1. The van der Waals surface area contributed by atoms with Crippen LogP contribution in [0.1, 0.15) is 50.0 Å². The molecule has 1 amide bonds. The molecule has 0 aromatic carbocycles. The van der Waals surface area contributed by atoms with Gasteiger partial charge in [0.25, 0.3) is 0 Å². The summed E-state index contributed by atoms with van der Waals surface area (Å²) in [5, 5.41) is 2.89. The van der Waals surface area contributed by atoms with E-state index in [-0.39, 0.29) is 5.91 Å². The van der Waals surface area contributed by atoms with Crippen molar-refractivity contribution in [2.75, 3.05) is 44.2 Å². The highest BCUT2D eigenvalue weighted by Gasteiger charge is 2.25. The second-order valence-corrected chi connectivity index (χ2v) is 6.92. The van der Waals surface area contributed by atoms with Gasteiger partial charge in [0.2, 0.25) is 5.91 Å². The number of aromatic nitrogens is 2. The van der Waals surface area contributed by atoms with Gasteiger partial charge in [0.05, 0.1) is 12.2 Å². The molecule has 132 valence electrons. The molecule has 2 saturated heterocycles. The highest BCUT2D eigenvalue weighted by atomic mass is 16.2. The Morgan fingerprint density at radius 1 is 1.25 bits per heavy atom. The normalized spacial score (nSPS) is 21.9. The minimum Gasteiger partial charge on any atom is -0.357 e. The minimum absolute atomic E-state index is 0.120. The van der Waals surface area contributed by atoms with Crippen molar-refractivity contribution in [2.24, 2.45) is 0 Å². The van der Waals surface area contributed by atoms with Crippen molar-refractivity contribution in [3.05, 3.63) is 17.6 Å². The first-order chi connectivity index (χ1) is 11.7. The van der Waals surface area contributed by atoms with Gasteiger partial charge in [-0.15, -0.1) is 0 Å². The number of rotatable bonds is 5. The maximum absolute atomic E-state index is 11.9. The standard InChI is InChI=1S/C18H29N5O/c1-3-19-18(24)13-22-8-6-7-15(12-22)16-11-17(21-14(2)20-16)23-9-4-5-10-23/h11,15H,3-10,12-13H2,1-2H3,(H,19,24)/t15-/m0/s1. The number of hydrogen-bond donors (Lipinski definition) is 1. The van der Waals surface area contributed by atoms with Gasteiger partial charge < -0.3 is 10.2 Å². The Labute approximate surface area is 144 Å². The largest absolute Gasteiger partial charge is 0.357 e. The summed E-state index contributed by atoms with van der Waals surface area (Å²) in [6, 6.07) is 2.18. The fraction of sp³-hybridized carbons (Fsp3) is 0.722. The summed E-state index contributed by atoms with van der Waals surface area (Å²) in [7, 11) is 0. The second kappa shape index (κ2) is 7.92. The zero-order valence-electron chi connectivity index (χ0n) is 14.9. The molecule has 2 fully saturated rings. The Bertz CT molecular complexity index is 571. The molecular formula is C18H29N5O. The zero-order chi connectivity index (χ0) is 16.9. The van der Waals surface area contributed by atoms with Crippen molar-refractivity contribution < 1.29 is 4.79 Å². The molecule has 3 rings (SSSR count). The molecule has 0 aliphatic carbocycles. The van der Waals surface area contributed by atoms with Crippen LogP contribution in [0.3, 0.4) is 0 Å². The first kappa shape index (κ1) is 17.1. The first-order valence-corrected chi connectivity index (χ1v) is 9.25. The summed E-state index contributed by atoms with van der Waals surface area (Å²) in [6.07, 6.45) is 4.76. The minimum atomic E-state index is 0.120. The summed E-state index contributed by atoms with van der Waals surface area (Å²) in [5.74, 6) is 2.46. The summed E-state index contributed by atoms with van der Waals surface area (Å²) < 4.78 is 0. The number of likely N-dealkylation sites (tertiary alicyclic amines) is 1. The molecule has 6 heteroatoms. The van der Waals surface area contributed by atoms with Crippen molar-refractivity contribution in [1.82, 2.24) is 20.2 Å². The third-order valence-electron chi connectivity index (χ3n) is 4.94. The average molecular weight is 331 g/mol. The number of nitrogens with zero attached hydrogens (tertiary/aromatic N) is 4. The van der Waals surface area contributed by atoms with Gasteiger partial charge in [-0.1, -0.05) is 0 Å². The SMILES string of the molecule is CCNC(=O)CN1CCC[C@H](c2cc(N3CCCC3)nc(C)n2)C1. The van der Waals surface area contributed by atoms with Crippen LogP contribution < -0.4 is 10.2 Å². The van der Waals surface area contributed by atoms with E-state index in [2.05, 4.69) is 26.2 Å². The topological polar surface area (TPSA) is 61.4 Å². The quantitative estimate of drug-likeness (QED) is 0.890. The number of hydrogen-bond acceptors (Lipinski definition) is 5. The molecule has 1 N–H and O–H groups in total. The number of carbonyl (C=O) groups excluding carboxylic acids is 1. The van der Waals surface area contributed by atoms with Crippen LogP contribution >= 0.6 is 0 Å². The molecule has 6 nitrogen and oxygen atoms in total. The lowest BCUT2D eigenvalue weighted by Crippen LogP contribution is -2.42. The predicted molar refractivity (Wildman–Crippen MR) is 95.3 cm³/mol. The van der Waals surface area contributed by atoms with Crippen LogP contribution in [0.4, 0.5) is 5.82 Å². The van der Waals surface area contributed by atoms with Crippen LogP contribution in [0.2, 0.25) is 0 Å². The fourth-order valence-corrected chi connectivity index (χ4v) is 3.79. The molecule has 1 aromatic heterocycles. The summed E-state index contributed by atoms with van der Waals surface area (Å²) in [6.45, 7) is 9.24. The summed E-state index contributed by atoms with van der Waals surface area (Å²) in [5.41, 5.74) is 1.14. The van der Waals surface area contributed by atoms with Crippen molar-refractivity contribution in [3.63, 3.8) is 0 Å². The zero-order valence-corrected chi connectivity index (χ0v) is 14.9. The molecule has 0 unspecified atom stereocenters. The maximum Gasteiger partial charge on any atom is 0.234 e. The molecule has 1 aromatic rings. The summed E-state index contributed by atoms with van der Waals surface area (Å²) >= 11 is 0. The lowest BCUT2D eigenvalue weighted by atomic mass is 9.94. The number of aryl methyl sites for hydroxylation is 1. The number of likely N-dealkylation sites (N-methyl/N-ethyl adjacent to an activating group) is 1. The van der Waals surface area contributed by atoms with E-state index in [4.69, 9.17) is 4.98 Å². The average Bonchev–Trinajstić information content (AvgIpc) is 3.09. The van der Waals surface area contributed by atoms with Crippen molar-refractivity contribution in [3.8, 4) is 0 Å². The van der Waals surface area contributed by atoms with Crippen LogP contribution in [0.15, 0.2) is 6.07 Å². The predicted octanol–water partition coefficient (Wildman–Crippen LogP) is 1.70. The third kappa shape index (κ3) is 4.23. The lowest BCUT2D eigenvalue weighted by molar-refractivity contribution is -0.122. The third-order valence-corrected chi connectivity index (χ3v) is 4.94. The number of anilines is 1. The van der Waals surface area contributed by atoms with Gasteiger partial charge >= 0.3 is 0 Å². The molecule has 0 spiro atoms. The molecule has 3 heterocycles. The van der Waals surface area contributed by atoms with Crippen LogP contribution in [0.25, 0.3) is 0 Å². The molecule has 0 radical (unpaired) electrons. The van der Waals surface area contributed by atoms with Gasteiger partial charge in [-0.05, 0) is 46.1 Å². The second-order valence-electron chi connectivity index (χ2n) is 6.92. The van der Waals surface area contributed by atoms with Crippen molar-refractivity contribution >= 4 is 11.7 Å². The van der Waals surface area contributed by atoms with E-state index in [0.29, 0.717) is 19.0 Å². The van der Waals surface area contributed by atoms with Gasteiger partial charge in [-0.2, -0.15) is 0 Å². The van der Waals surface area contributed by atoms with Crippen LogP contribution in [0.5, 0.6) is 0 Å². The Morgan fingerprint density at radius 2 is 2.04 bits per heavy atom. The van der Waals surface area contributed by atoms with Crippen LogP contribution in [0, 0.1) is 6.92 Å². The highest BCUT2D eigenvalue weighted by Crippen LogP contribution is 2.28. The van der Waals surface area contributed by atoms with Crippen molar-refractivity contribution in [2.45, 2.75) is 45.4 Å². The first-order valence-electron chi connectivity index (χ1n) is 9.25. The van der Waals surface area contributed by atoms with Crippen LogP contribution in [-0.4, -0.2) is 60.0 Å². The summed E-state index contributed by atoms with van der Waals surface area (Å²) in [4.78, 5) is 25.8. The Balaban J connectivity index is 1.69. The van der Waals surface area contributed by atoms with E-state index < -0.39 is 0 Å². The van der Waals surface area contributed by atoms with Gasteiger partial charge in [-0.3, -0.25) is 9.69 Å². The Kier molecular flexibility index (Phi) is 5.66. The molecule has 0 saturated carbocycles. The van der Waals surface area contributed by atoms with Crippen molar-refractivity contribution in [1.29, 1.82) is 0 Å². The van der Waals surface area contributed by atoms with Gasteiger partial charge in [-0.25, -0.2) is 9.97 Å².